The van der Waals surface area contributed by atoms with Crippen LogP contribution < -0.4 is 5.73 Å². The lowest BCUT2D eigenvalue weighted by Gasteiger charge is -2.14. The zero-order chi connectivity index (χ0) is 14.6. The zero-order valence-electron chi connectivity index (χ0n) is 11.2. The maximum atomic E-state index is 12.2. The summed E-state index contributed by atoms with van der Waals surface area (Å²) in [4.78, 5) is 4.04. The van der Waals surface area contributed by atoms with Crippen LogP contribution in [0.3, 0.4) is 0 Å². The van der Waals surface area contributed by atoms with Gasteiger partial charge in [0, 0.05) is 32.8 Å². The van der Waals surface area contributed by atoms with Gasteiger partial charge in [-0.2, -0.15) is 4.31 Å². The van der Waals surface area contributed by atoms with Gasteiger partial charge in [0.05, 0.1) is 0 Å². The van der Waals surface area contributed by atoms with Gasteiger partial charge < -0.3 is 15.5 Å². The van der Waals surface area contributed by atoms with E-state index in [2.05, 4.69) is 10.1 Å². The molecule has 8 nitrogen and oxygen atoms in total. The van der Waals surface area contributed by atoms with Crippen LogP contribution in [0.4, 0.5) is 0 Å². The molecule has 0 aliphatic carbocycles. The van der Waals surface area contributed by atoms with E-state index in [0.717, 1.165) is 4.31 Å². The Morgan fingerprint density at radius 1 is 1.63 bits per heavy atom. The summed E-state index contributed by atoms with van der Waals surface area (Å²) >= 11 is 0. The number of rotatable bonds is 6. The molecule has 1 aromatic heterocycles. The van der Waals surface area contributed by atoms with E-state index in [-0.39, 0.29) is 23.8 Å². The van der Waals surface area contributed by atoms with Gasteiger partial charge in [-0.3, -0.25) is 0 Å². The van der Waals surface area contributed by atoms with E-state index >= 15 is 0 Å². The van der Waals surface area contributed by atoms with Gasteiger partial charge in [0.1, 0.15) is 11.7 Å². The smallest absolute Gasteiger partial charge is 0.261 e. The molecule has 0 saturated carbocycles. The molecule has 0 saturated heterocycles. The van der Waals surface area contributed by atoms with Gasteiger partial charge in [0.25, 0.3) is 10.0 Å². The van der Waals surface area contributed by atoms with Gasteiger partial charge in [-0.15, -0.1) is 0 Å². The van der Waals surface area contributed by atoms with Gasteiger partial charge in [-0.25, -0.2) is 13.4 Å². The van der Waals surface area contributed by atoms with E-state index in [9.17, 15) is 8.42 Å². The van der Waals surface area contributed by atoms with E-state index < -0.39 is 10.0 Å². The van der Waals surface area contributed by atoms with Gasteiger partial charge >= 0.3 is 0 Å². The molecule has 1 aromatic rings. The third kappa shape index (κ3) is 3.44. The highest BCUT2D eigenvalue weighted by molar-refractivity contribution is 7.89. The Kier molecular flexibility index (Phi) is 4.90. The number of sulfonamides is 1. The normalized spacial score (nSPS) is 13.2. The SMILES string of the molecule is CCn1cc(S(=O)(=O)N(C)CCC(N)=NO)nc1C. The minimum atomic E-state index is -3.65. The van der Waals surface area contributed by atoms with Crippen LogP contribution in [0.5, 0.6) is 0 Å². The molecule has 0 atom stereocenters. The van der Waals surface area contributed by atoms with Crippen molar-refractivity contribution in [3.63, 3.8) is 0 Å². The Labute approximate surface area is 112 Å². The Morgan fingerprint density at radius 2 is 2.26 bits per heavy atom. The molecule has 0 bridgehead atoms. The zero-order valence-corrected chi connectivity index (χ0v) is 12.1. The molecule has 3 N–H and O–H groups in total. The lowest BCUT2D eigenvalue weighted by Crippen LogP contribution is -2.30. The van der Waals surface area contributed by atoms with Gasteiger partial charge in [0.2, 0.25) is 0 Å². The molecule has 1 rings (SSSR count). The second-order valence-electron chi connectivity index (χ2n) is 4.08. The highest BCUT2D eigenvalue weighted by atomic mass is 32.2. The van der Waals surface area contributed by atoms with E-state index in [1.165, 1.54) is 13.2 Å². The molecule has 0 fully saturated rings. The van der Waals surface area contributed by atoms with Crippen molar-refractivity contribution in [2.75, 3.05) is 13.6 Å². The van der Waals surface area contributed by atoms with Crippen LogP contribution in [0.2, 0.25) is 0 Å². The van der Waals surface area contributed by atoms with Gasteiger partial charge in [-0.1, -0.05) is 5.16 Å². The number of nitrogens with two attached hydrogens (primary N) is 1. The Bertz CT molecular complexity index is 564. The summed E-state index contributed by atoms with van der Waals surface area (Å²) in [5, 5.41) is 11.2. The fourth-order valence-electron chi connectivity index (χ4n) is 1.53. The molecule has 0 spiro atoms. The Morgan fingerprint density at radius 3 is 2.74 bits per heavy atom. The van der Waals surface area contributed by atoms with Crippen molar-refractivity contribution in [2.45, 2.75) is 31.8 Å². The van der Waals surface area contributed by atoms with Crippen molar-refractivity contribution in [1.29, 1.82) is 0 Å². The van der Waals surface area contributed by atoms with Crippen LogP contribution in [-0.4, -0.2) is 46.9 Å². The summed E-state index contributed by atoms with van der Waals surface area (Å²) in [6.07, 6.45) is 1.66. The van der Waals surface area contributed by atoms with Crippen LogP contribution in [-0.2, 0) is 16.6 Å². The first kappa shape index (κ1) is 15.4. The standard InChI is InChI=1S/C10H19N5O3S/c1-4-15-7-10(12-8(15)2)19(17,18)14(3)6-5-9(11)13-16/h7,16H,4-6H2,1-3H3,(H2,11,13). The highest BCUT2D eigenvalue weighted by Gasteiger charge is 2.24. The number of amidine groups is 1. The maximum absolute atomic E-state index is 12.2. The average Bonchev–Trinajstić information content (AvgIpc) is 2.77. The quantitative estimate of drug-likeness (QED) is 0.330. The first-order valence-corrected chi connectivity index (χ1v) is 7.23. The monoisotopic (exact) mass is 289 g/mol. The summed E-state index contributed by atoms with van der Waals surface area (Å²) in [5.41, 5.74) is 5.31. The minimum Gasteiger partial charge on any atom is -0.409 e. The van der Waals surface area contributed by atoms with Crippen molar-refractivity contribution < 1.29 is 13.6 Å². The van der Waals surface area contributed by atoms with Crippen molar-refractivity contribution in [2.24, 2.45) is 10.9 Å². The molecule has 0 aliphatic heterocycles. The van der Waals surface area contributed by atoms with Gasteiger partial charge in [-0.05, 0) is 13.8 Å². The van der Waals surface area contributed by atoms with E-state index in [4.69, 9.17) is 10.9 Å². The van der Waals surface area contributed by atoms with Crippen molar-refractivity contribution in [3.05, 3.63) is 12.0 Å². The fraction of sp³-hybridized carbons (Fsp3) is 0.600. The summed E-state index contributed by atoms with van der Waals surface area (Å²) in [6, 6.07) is 0. The molecule has 9 heteroatoms. The average molecular weight is 289 g/mol. The number of hydrogen-bond donors (Lipinski definition) is 2. The predicted octanol–water partition coefficient (Wildman–Crippen LogP) is -0.0316. The topological polar surface area (TPSA) is 114 Å². The van der Waals surface area contributed by atoms with Crippen molar-refractivity contribution in [1.82, 2.24) is 13.9 Å². The third-order valence-electron chi connectivity index (χ3n) is 2.78. The first-order chi connectivity index (χ1) is 8.82. The molecule has 1 heterocycles. The van der Waals surface area contributed by atoms with Gasteiger partial charge in [0.15, 0.2) is 5.03 Å². The summed E-state index contributed by atoms with van der Waals surface area (Å²) in [7, 11) is -2.21. The summed E-state index contributed by atoms with van der Waals surface area (Å²) < 4.78 is 27.3. The van der Waals surface area contributed by atoms with E-state index in [1.54, 1.807) is 11.5 Å². The Hall–Kier alpha value is -1.61. The molecule has 0 amide bonds. The largest absolute Gasteiger partial charge is 0.409 e. The van der Waals surface area contributed by atoms with Crippen LogP contribution in [0.25, 0.3) is 0 Å². The number of oxime groups is 1. The maximum Gasteiger partial charge on any atom is 0.261 e. The predicted molar refractivity (Wildman–Crippen MR) is 70.5 cm³/mol. The van der Waals surface area contributed by atoms with Crippen LogP contribution in [0.15, 0.2) is 16.4 Å². The molecular weight excluding hydrogens is 270 g/mol. The lowest BCUT2D eigenvalue weighted by atomic mass is 10.4. The Balaban J connectivity index is 2.90. The highest BCUT2D eigenvalue weighted by Crippen LogP contribution is 2.14. The second-order valence-corrected chi connectivity index (χ2v) is 6.07. The fourth-order valence-corrected chi connectivity index (χ4v) is 2.68. The molecule has 0 aromatic carbocycles. The van der Waals surface area contributed by atoms with Crippen LogP contribution in [0, 0.1) is 6.92 Å². The molecule has 0 radical (unpaired) electrons. The van der Waals surface area contributed by atoms with Crippen LogP contribution >= 0.6 is 0 Å². The first-order valence-electron chi connectivity index (χ1n) is 5.79. The second kappa shape index (κ2) is 6.02. The minimum absolute atomic E-state index is 0.00820. The molecule has 0 aliphatic rings. The third-order valence-corrected chi connectivity index (χ3v) is 4.51. The van der Waals surface area contributed by atoms with Crippen molar-refractivity contribution >= 4 is 15.9 Å². The summed E-state index contributed by atoms with van der Waals surface area (Å²) in [6.45, 7) is 4.44. The lowest BCUT2D eigenvalue weighted by molar-refractivity contribution is 0.316. The molecule has 0 unspecified atom stereocenters. The summed E-state index contributed by atoms with van der Waals surface area (Å²) in [5.74, 6) is 0.628. The number of aryl methyl sites for hydroxylation is 2. The number of imidazole rings is 1. The molecular formula is C10H19N5O3S. The number of aromatic nitrogens is 2. The number of hydrogen-bond acceptors (Lipinski definition) is 5. The van der Waals surface area contributed by atoms with Crippen molar-refractivity contribution in [3.8, 4) is 0 Å². The number of nitrogens with zero attached hydrogens (tertiary/aromatic N) is 4. The van der Waals surface area contributed by atoms with E-state index in [0.29, 0.717) is 12.4 Å². The van der Waals surface area contributed by atoms with Crippen LogP contribution in [0.1, 0.15) is 19.2 Å². The van der Waals surface area contributed by atoms with E-state index in [1.807, 2.05) is 6.92 Å². The molecule has 19 heavy (non-hydrogen) atoms. The molecule has 108 valence electrons.